The zero-order valence-corrected chi connectivity index (χ0v) is 30.9. The number of halogens is 4. The highest BCUT2D eigenvalue weighted by atomic mass is 35.5. The first-order valence-electron chi connectivity index (χ1n) is 17.4. The second-order valence-corrected chi connectivity index (χ2v) is 15.2. The van der Waals surface area contributed by atoms with E-state index < -0.39 is 74.4 Å². The number of nitrogens with zero attached hydrogens (tertiary/aromatic N) is 2. The van der Waals surface area contributed by atoms with Crippen LogP contribution in [-0.2, 0) is 19.2 Å². The number of amides is 4. The zero-order valence-electron chi connectivity index (χ0n) is 29.3. The van der Waals surface area contributed by atoms with Crippen molar-refractivity contribution in [3.8, 4) is 17.2 Å². The summed E-state index contributed by atoms with van der Waals surface area (Å²) in [6.07, 6.45) is 5.13. The van der Waals surface area contributed by atoms with E-state index in [0.717, 1.165) is 39.1 Å². The second kappa shape index (κ2) is 13.3. The molecule has 0 unspecified atom stereocenters. The molecule has 1 saturated carbocycles. The normalized spacial score (nSPS) is 27.3. The molecule has 0 radical (unpaired) electrons. The van der Waals surface area contributed by atoms with Gasteiger partial charge < -0.3 is 14.6 Å². The minimum Gasteiger partial charge on any atom is -0.505 e. The largest absolute Gasteiger partial charge is 0.505 e. The van der Waals surface area contributed by atoms with Crippen molar-refractivity contribution < 1.29 is 42.5 Å². The predicted molar refractivity (Wildman–Crippen MR) is 202 cm³/mol. The highest BCUT2D eigenvalue weighted by molar-refractivity contribution is 6.58. The van der Waals surface area contributed by atoms with E-state index in [4.69, 9.17) is 32.7 Å². The van der Waals surface area contributed by atoms with Crippen LogP contribution in [0.25, 0.3) is 12.2 Å². The van der Waals surface area contributed by atoms with Crippen LogP contribution < -0.4 is 19.3 Å². The summed E-state index contributed by atoms with van der Waals surface area (Å²) in [4.78, 5) is 54.8. The van der Waals surface area contributed by atoms with Crippen LogP contribution in [0.2, 0.25) is 0 Å². The lowest BCUT2D eigenvalue weighted by Gasteiger charge is -2.50. The number of carbonyl (C=O) groups excluding carboxylic acids is 4. The zero-order chi connectivity index (χ0) is 39.0. The number of carbonyl (C=O) groups is 4. The maximum absolute atomic E-state index is 15.0. The molecule has 2 aliphatic carbocycles. The number of phenols is 1. The Kier molecular flexibility index (Phi) is 8.85. The van der Waals surface area contributed by atoms with Gasteiger partial charge in [0.05, 0.1) is 37.4 Å². The molecule has 4 aromatic rings. The van der Waals surface area contributed by atoms with Gasteiger partial charge in [0.15, 0.2) is 21.3 Å². The Bertz CT molecular complexity index is 2350. The molecular weight excluding hydrogens is 753 g/mol. The Morgan fingerprint density at radius 2 is 1.49 bits per heavy atom. The highest BCUT2D eigenvalue weighted by Gasteiger charge is 2.77. The van der Waals surface area contributed by atoms with Gasteiger partial charge in [-0.25, -0.2) is 13.7 Å². The first-order chi connectivity index (χ1) is 26.3. The highest BCUT2D eigenvalue weighted by Crippen LogP contribution is 2.66. The molecule has 4 amide bonds. The number of phenolic OH excluding ortho intramolecular Hbond substituents is 1. The van der Waals surface area contributed by atoms with Crippen molar-refractivity contribution in [3.63, 3.8) is 0 Å². The fourth-order valence-electron chi connectivity index (χ4n) is 8.65. The maximum Gasteiger partial charge on any atom is 0.258 e. The third-order valence-corrected chi connectivity index (χ3v) is 12.7. The number of alkyl halides is 2. The van der Waals surface area contributed by atoms with Crippen LogP contribution in [0, 0.1) is 29.4 Å². The summed E-state index contributed by atoms with van der Waals surface area (Å²) >= 11 is 14.6. The summed E-state index contributed by atoms with van der Waals surface area (Å²) in [7, 11) is 3.14. The van der Waals surface area contributed by atoms with Gasteiger partial charge >= 0.3 is 0 Å². The van der Waals surface area contributed by atoms with Gasteiger partial charge in [-0.2, -0.15) is 0 Å². The number of imide groups is 2. The Labute approximate surface area is 324 Å². The SMILES string of the molecule is COc1ccc(OC)c(C=Cc2ccc(N3C(=O)[C@H]4[C@H](CC=C5[C@H]4C[C@@]4(Cl)C(=O)N(c6ccc(F)cc6)C(=O)[C@@]4(Cl)[C@H]5c4cccc(F)c4O)C3=O)cc2)c1. The molecule has 0 spiro atoms. The minimum atomic E-state index is -2.32. The molecule has 8 rings (SSSR count). The van der Waals surface area contributed by atoms with Crippen LogP contribution in [0.1, 0.15) is 35.4 Å². The molecule has 0 aromatic heterocycles. The van der Waals surface area contributed by atoms with E-state index in [0.29, 0.717) is 22.8 Å². The van der Waals surface area contributed by atoms with E-state index in [9.17, 15) is 28.7 Å². The van der Waals surface area contributed by atoms with Crippen molar-refractivity contribution >= 4 is 70.4 Å². The topological polar surface area (TPSA) is 113 Å². The number of para-hydroxylation sites is 1. The molecule has 6 atom stereocenters. The van der Waals surface area contributed by atoms with Gasteiger partial charge in [0.1, 0.15) is 17.3 Å². The van der Waals surface area contributed by atoms with E-state index >= 15 is 4.39 Å². The van der Waals surface area contributed by atoms with E-state index in [2.05, 4.69) is 0 Å². The third-order valence-electron chi connectivity index (χ3n) is 11.3. The summed E-state index contributed by atoms with van der Waals surface area (Å²) in [5, 5.41) is 11.1. The Balaban J connectivity index is 1.16. The van der Waals surface area contributed by atoms with Gasteiger partial charge in [0.25, 0.3) is 11.8 Å². The number of aromatic hydroxyl groups is 1. The predicted octanol–water partition coefficient (Wildman–Crippen LogP) is 7.63. The van der Waals surface area contributed by atoms with Gasteiger partial charge in [-0.1, -0.05) is 48.1 Å². The number of ether oxygens (including phenoxy) is 2. The van der Waals surface area contributed by atoms with Gasteiger partial charge in [0.2, 0.25) is 11.8 Å². The number of rotatable bonds is 7. The second-order valence-electron chi connectivity index (χ2n) is 14.0. The van der Waals surface area contributed by atoms with Crippen molar-refractivity contribution in [3.05, 3.63) is 125 Å². The maximum atomic E-state index is 15.0. The van der Waals surface area contributed by atoms with Crippen LogP contribution in [0.5, 0.6) is 17.2 Å². The van der Waals surface area contributed by atoms with Crippen molar-refractivity contribution in [2.45, 2.75) is 28.5 Å². The Morgan fingerprint density at radius 1 is 0.800 bits per heavy atom. The summed E-state index contributed by atoms with van der Waals surface area (Å²) in [5.41, 5.74) is 2.16. The van der Waals surface area contributed by atoms with Crippen LogP contribution in [0.4, 0.5) is 20.2 Å². The van der Waals surface area contributed by atoms with E-state index in [1.807, 2.05) is 18.2 Å². The van der Waals surface area contributed by atoms with Gasteiger partial charge in [-0.3, -0.25) is 24.1 Å². The van der Waals surface area contributed by atoms with Crippen LogP contribution in [0.3, 0.4) is 0 Å². The summed E-state index contributed by atoms with van der Waals surface area (Å²) in [5.74, 6) is -8.15. The first kappa shape index (κ1) is 36.5. The summed E-state index contributed by atoms with van der Waals surface area (Å²) < 4.78 is 39.7. The van der Waals surface area contributed by atoms with Crippen molar-refractivity contribution in [1.29, 1.82) is 0 Å². The molecule has 2 heterocycles. The average Bonchev–Trinajstić information content (AvgIpc) is 3.53. The minimum absolute atomic E-state index is 0.00196. The molecule has 0 bridgehead atoms. The summed E-state index contributed by atoms with van der Waals surface area (Å²) in [6, 6.07) is 20.6. The van der Waals surface area contributed by atoms with Crippen molar-refractivity contribution in [2.75, 3.05) is 24.0 Å². The number of hydrogen-bond donors (Lipinski definition) is 1. The van der Waals surface area contributed by atoms with Crippen LogP contribution >= 0.6 is 23.2 Å². The monoisotopic (exact) mass is 784 g/mol. The molecule has 4 aromatic carbocycles. The third kappa shape index (κ3) is 5.38. The van der Waals surface area contributed by atoms with Crippen molar-refractivity contribution in [1.82, 2.24) is 0 Å². The van der Waals surface area contributed by atoms with Crippen LogP contribution in [0.15, 0.2) is 96.6 Å². The number of methoxy groups -OCH3 is 2. The van der Waals surface area contributed by atoms with Crippen molar-refractivity contribution in [2.24, 2.45) is 17.8 Å². The molecule has 9 nitrogen and oxygen atoms in total. The molecule has 13 heteroatoms. The fourth-order valence-corrected chi connectivity index (χ4v) is 9.58. The van der Waals surface area contributed by atoms with Gasteiger partial charge in [0, 0.05) is 17.0 Å². The number of anilines is 2. The molecule has 2 aliphatic heterocycles. The number of fused-ring (bicyclic) bond motifs is 4. The molecule has 4 aliphatic rings. The molecule has 55 heavy (non-hydrogen) atoms. The quantitative estimate of drug-likeness (QED) is 0.0888. The standard InChI is InChI=1S/C42H32Cl2F2N2O7/c1-54-27-16-19-33(55-2)23(20-27)9-6-22-7-12-25(13-8-22)47-37(50)29-18-17-28-31(34(29)38(47)51)21-41(43)39(52)48(26-14-10-24(45)11-15-26)40(53)42(41,44)35(28)30-4-3-5-32(46)36(30)49/h3-17,19-20,29,31,34-35,49H,18,21H2,1-2H3/t29-,31+,34-,35+,41+,42-/m0/s1. The van der Waals surface area contributed by atoms with E-state index in [1.54, 1.807) is 56.7 Å². The van der Waals surface area contributed by atoms with Crippen LogP contribution in [-0.4, -0.2) is 52.7 Å². The Morgan fingerprint density at radius 3 is 2.18 bits per heavy atom. The lowest BCUT2D eigenvalue weighted by atomic mass is 9.56. The lowest BCUT2D eigenvalue weighted by Crippen LogP contribution is -2.60. The molecule has 2 saturated heterocycles. The Hall–Kier alpha value is -5.52. The number of hydrogen-bond acceptors (Lipinski definition) is 7. The fraction of sp³-hybridized carbons (Fsp3) is 0.238. The first-order valence-corrected chi connectivity index (χ1v) is 18.2. The van der Waals surface area contributed by atoms with E-state index in [-0.39, 0.29) is 24.1 Å². The molecular formula is C42H32Cl2F2N2O7. The lowest BCUT2D eigenvalue weighted by molar-refractivity contribution is -0.125. The smallest absolute Gasteiger partial charge is 0.258 e. The molecule has 280 valence electrons. The summed E-state index contributed by atoms with van der Waals surface area (Å²) in [6.45, 7) is 0. The number of benzene rings is 4. The molecule has 3 fully saturated rings. The number of allylic oxidation sites excluding steroid dienone is 2. The average molecular weight is 786 g/mol. The van der Waals surface area contributed by atoms with E-state index in [1.165, 1.54) is 24.3 Å². The van der Waals surface area contributed by atoms with Gasteiger partial charge in [-0.05, 0) is 85.0 Å². The van der Waals surface area contributed by atoms with Gasteiger partial charge in [-0.15, -0.1) is 23.2 Å². The molecule has 1 N–H and O–H groups in total.